The topological polar surface area (TPSA) is 81.6 Å². The van der Waals surface area contributed by atoms with Crippen molar-refractivity contribution in [3.63, 3.8) is 0 Å². The average molecular weight is 438 g/mol. The first-order chi connectivity index (χ1) is 15.5. The predicted octanol–water partition coefficient (Wildman–Crippen LogP) is 2.00. The molecule has 2 aliphatic rings. The lowest BCUT2D eigenvalue weighted by Gasteiger charge is -2.39. The number of piperazine rings is 1. The van der Waals surface area contributed by atoms with Crippen molar-refractivity contribution in [3.8, 4) is 0 Å². The standard InChI is InChI=1S/C25H35N5O2/c1-19-16-27-21(17-26-19)24(32)28-18-25(20-6-4-3-5-7-20)10-8-22(23(31)9-11-25)30-14-12-29(2)13-15-30/h3-7,16-17,22-23,31H,8-15,18H2,1-2H3,(H,28,32)/t22-,23-,25-/m0/s1. The van der Waals surface area contributed by atoms with Gasteiger partial charge >= 0.3 is 0 Å². The van der Waals surface area contributed by atoms with Crippen molar-refractivity contribution in [2.75, 3.05) is 39.8 Å². The quantitative estimate of drug-likeness (QED) is 0.697. The third-order valence-electron chi connectivity index (χ3n) is 7.28. The number of nitrogens with zero attached hydrogens (tertiary/aromatic N) is 4. The number of carbonyl (C=O) groups excluding carboxylic acids is 1. The van der Waals surface area contributed by atoms with E-state index in [2.05, 4.69) is 56.4 Å². The molecule has 32 heavy (non-hydrogen) atoms. The first-order valence-corrected chi connectivity index (χ1v) is 11.7. The number of nitrogens with one attached hydrogen (secondary N) is 1. The van der Waals surface area contributed by atoms with Crippen molar-refractivity contribution in [3.05, 3.63) is 59.7 Å². The van der Waals surface area contributed by atoms with Gasteiger partial charge in [0.15, 0.2) is 0 Å². The van der Waals surface area contributed by atoms with Crippen LogP contribution in [0.1, 0.15) is 47.4 Å². The largest absolute Gasteiger partial charge is 0.391 e. The van der Waals surface area contributed by atoms with Crippen molar-refractivity contribution >= 4 is 5.91 Å². The Morgan fingerprint density at radius 1 is 1.09 bits per heavy atom. The number of likely N-dealkylation sites (N-methyl/N-ethyl adjacent to an activating group) is 1. The van der Waals surface area contributed by atoms with Crippen LogP contribution in [0, 0.1) is 6.92 Å². The van der Waals surface area contributed by atoms with E-state index < -0.39 is 0 Å². The Bertz CT molecular complexity index is 883. The molecule has 2 aromatic rings. The van der Waals surface area contributed by atoms with E-state index in [1.165, 1.54) is 11.8 Å². The normalized spacial score (nSPS) is 27.6. The molecule has 1 saturated carbocycles. The van der Waals surface area contributed by atoms with Crippen molar-refractivity contribution in [1.82, 2.24) is 25.1 Å². The van der Waals surface area contributed by atoms with E-state index in [1.807, 2.05) is 13.0 Å². The monoisotopic (exact) mass is 437 g/mol. The minimum absolute atomic E-state index is 0.174. The third kappa shape index (κ3) is 5.17. The maximum Gasteiger partial charge on any atom is 0.271 e. The van der Waals surface area contributed by atoms with E-state index in [4.69, 9.17) is 0 Å². The van der Waals surface area contributed by atoms with E-state index >= 15 is 0 Å². The number of aryl methyl sites for hydroxylation is 1. The van der Waals surface area contributed by atoms with E-state index in [9.17, 15) is 9.90 Å². The van der Waals surface area contributed by atoms with Crippen LogP contribution in [0.2, 0.25) is 0 Å². The summed E-state index contributed by atoms with van der Waals surface area (Å²) in [5, 5.41) is 14.2. The summed E-state index contributed by atoms with van der Waals surface area (Å²) in [6.07, 6.45) is 6.20. The zero-order valence-corrected chi connectivity index (χ0v) is 19.2. The molecule has 1 aromatic heterocycles. The highest BCUT2D eigenvalue weighted by Crippen LogP contribution is 2.39. The second-order valence-corrected chi connectivity index (χ2v) is 9.42. The van der Waals surface area contributed by atoms with Gasteiger partial charge in [0.2, 0.25) is 0 Å². The fourth-order valence-electron chi connectivity index (χ4n) is 5.15. The van der Waals surface area contributed by atoms with E-state index in [0.717, 1.165) is 57.6 Å². The van der Waals surface area contributed by atoms with Crippen LogP contribution >= 0.6 is 0 Å². The highest BCUT2D eigenvalue weighted by atomic mass is 16.3. The molecule has 1 amide bonds. The first kappa shape index (κ1) is 22.8. The number of hydrogen-bond acceptors (Lipinski definition) is 6. The Morgan fingerprint density at radius 2 is 1.81 bits per heavy atom. The van der Waals surface area contributed by atoms with Crippen LogP contribution in [0.3, 0.4) is 0 Å². The van der Waals surface area contributed by atoms with Crippen LogP contribution in [-0.2, 0) is 5.41 Å². The van der Waals surface area contributed by atoms with Crippen LogP contribution in [0.15, 0.2) is 42.7 Å². The molecule has 4 rings (SSSR count). The summed E-state index contributed by atoms with van der Waals surface area (Å²) in [6.45, 7) is 6.46. The SMILES string of the molecule is Cc1cnc(C(=O)NC[C@@]2(c3ccccc3)CC[C@H](O)[C@@H](N3CCN(C)CC3)CC2)cn1. The van der Waals surface area contributed by atoms with Gasteiger partial charge < -0.3 is 15.3 Å². The molecule has 7 nitrogen and oxygen atoms in total. The van der Waals surface area contributed by atoms with Gasteiger partial charge in [0.25, 0.3) is 5.91 Å². The Labute approximate surface area is 190 Å². The van der Waals surface area contributed by atoms with Gasteiger partial charge in [-0.1, -0.05) is 30.3 Å². The number of carbonyl (C=O) groups is 1. The molecule has 2 N–H and O–H groups in total. The highest BCUT2D eigenvalue weighted by Gasteiger charge is 2.40. The van der Waals surface area contributed by atoms with Crippen molar-refractivity contribution in [1.29, 1.82) is 0 Å². The summed E-state index contributed by atoms with van der Waals surface area (Å²) < 4.78 is 0. The van der Waals surface area contributed by atoms with Crippen LogP contribution < -0.4 is 5.32 Å². The molecule has 1 aliphatic heterocycles. The smallest absolute Gasteiger partial charge is 0.271 e. The molecule has 1 aromatic carbocycles. The van der Waals surface area contributed by atoms with Crippen LogP contribution in [0.4, 0.5) is 0 Å². The Kier molecular flexibility index (Phi) is 7.18. The number of aliphatic hydroxyl groups is 1. The maximum atomic E-state index is 12.8. The molecule has 0 bridgehead atoms. The summed E-state index contributed by atoms with van der Waals surface area (Å²) in [4.78, 5) is 26.0. The van der Waals surface area contributed by atoms with Gasteiger partial charge in [0.1, 0.15) is 5.69 Å². The molecular formula is C25H35N5O2. The highest BCUT2D eigenvalue weighted by molar-refractivity contribution is 5.91. The zero-order valence-electron chi connectivity index (χ0n) is 19.2. The average Bonchev–Trinajstić information content (AvgIpc) is 2.99. The van der Waals surface area contributed by atoms with Gasteiger partial charge in [-0.25, -0.2) is 4.98 Å². The summed E-state index contributed by atoms with van der Waals surface area (Å²) in [5.74, 6) is -0.201. The molecular weight excluding hydrogens is 402 g/mol. The van der Waals surface area contributed by atoms with Crippen molar-refractivity contribution in [2.24, 2.45) is 0 Å². The lowest BCUT2D eigenvalue weighted by Crippen LogP contribution is -2.52. The number of rotatable bonds is 5. The molecule has 1 aliphatic carbocycles. The molecule has 2 fully saturated rings. The molecule has 7 heteroatoms. The van der Waals surface area contributed by atoms with E-state index in [1.54, 1.807) is 6.20 Å². The number of aromatic nitrogens is 2. The fourth-order valence-corrected chi connectivity index (χ4v) is 5.15. The lowest BCUT2D eigenvalue weighted by atomic mass is 9.74. The van der Waals surface area contributed by atoms with Gasteiger partial charge in [0, 0.05) is 50.4 Å². The Morgan fingerprint density at radius 3 is 2.50 bits per heavy atom. The summed E-state index contributed by atoms with van der Waals surface area (Å²) in [5.41, 5.74) is 2.14. The Balaban J connectivity index is 1.51. The van der Waals surface area contributed by atoms with Crippen LogP contribution in [0.25, 0.3) is 0 Å². The molecule has 1 saturated heterocycles. The number of aliphatic hydroxyl groups excluding tert-OH is 1. The molecule has 172 valence electrons. The second kappa shape index (κ2) is 10.1. The third-order valence-corrected chi connectivity index (χ3v) is 7.28. The van der Waals surface area contributed by atoms with Crippen molar-refractivity contribution in [2.45, 2.75) is 50.2 Å². The fraction of sp³-hybridized carbons (Fsp3) is 0.560. The summed E-state index contributed by atoms with van der Waals surface area (Å²) in [7, 11) is 2.16. The first-order valence-electron chi connectivity index (χ1n) is 11.7. The molecule has 0 unspecified atom stereocenters. The molecule has 0 spiro atoms. The summed E-state index contributed by atoms with van der Waals surface area (Å²) >= 11 is 0. The lowest BCUT2D eigenvalue weighted by molar-refractivity contribution is 0.0200. The van der Waals surface area contributed by atoms with E-state index in [0.29, 0.717) is 12.2 Å². The molecule has 2 heterocycles. The van der Waals surface area contributed by atoms with Gasteiger partial charge in [-0.05, 0) is 45.2 Å². The minimum Gasteiger partial charge on any atom is -0.391 e. The zero-order chi connectivity index (χ0) is 22.6. The van der Waals surface area contributed by atoms with Crippen LogP contribution in [0.5, 0.6) is 0 Å². The molecule has 3 atom stereocenters. The molecule has 0 radical (unpaired) electrons. The van der Waals surface area contributed by atoms with Gasteiger partial charge in [0.05, 0.1) is 18.0 Å². The number of benzene rings is 1. The predicted molar refractivity (Wildman–Crippen MR) is 125 cm³/mol. The van der Waals surface area contributed by atoms with Gasteiger partial charge in [-0.2, -0.15) is 0 Å². The number of hydrogen-bond donors (Lipinski definition) is 2. The second-order valence-electron chi connectivity index (χ2n) is 9.42. The minimum atomic E-state index is -0.345. The number of amides is 1. The summed E-state index contributed by atoms with van der Waals surface area (Å²) in [6, 6.07) is 10.6. The van der Waals surface area contributed by atoms with Gasteiger partial charge in [-0.15, -0.1) is 0 Å². The van der Waals surface area contributed by atoms with Crippen LogP contribution in [-0.4, -0.2) is 82.7 Å². The maximum absolute atomic E-state index is 12.8. The van der Waals surface area contributed by atoms with E-state index in [-0.39, 0.29) is 23.5 Å². The Hall–Kier alpha value is -2.35. The van der Waals surface area contributed by atoms with Crippen molar-refractivity contribution < 1.29 is 9.90 Å². The van der Waals surface area contributed by atoms with Gasteiger partial charge in [-0.3, -0.25) is 14.7 Å².